The Balaban J connectivity index is 2.92. The highest BCUT2D eigenvalue weighted by Gasteiger charge is 2.27. The largest absolute Gasteiger partial charge is 0.508 e. The summed E-state index contributed by atoms with van der Waals surface area (Å²) in [5, 5.41) is 50.3. The van der Waals surface area contributed by atoms with E-state index in [0.717, 1.165) is 6.07 Å². The van der Waals surface area contributed by atoms with Gasteiger partial charge < -0.3 is 20.4 Å². The highest BCUT2D eigenvalue weighted by atomic mass is 35.5. The Hall–Kier alpha value is -2.61. The number of nitro groups is 1. The predicted molar refractivity (Wildman–Crippen MR) is 78.4 cm³/mol. The molecule has 0 aliphatic rings. The van der Waals surface area contributed by atoms with Crippen molar-refractivity contribution in [3.8, 4) is 34.1 Å². The van der Waals surface area contributed by atoms with Crippen molar-refractivity contribution in [1.29, 1.82) is 0 Å². The minimum Gasteiger partial charge on any atom is -0.508 e. The molecule has 0 aliphatic heterocycles. The Morgan fingerprint density at radius 2 is 1.67 bits per heavy atom. The Kier molecular flexibility index (Phi) is 3.57. The van der Waals surface area contributed by atoms with Crippen LogP contribution in [0.2, 0.25) is 5.02 Å². The average molecular weight is 309 g/mol. The molecule has 4 N–H and O–H groups in total. The van der Waals surface area contributed by atoms with E-state index >= 15 is 0 Å². The number of phenolic OH excluding ortho intramolecular Hbond substituents is 4. The highest BCUT2D eigenvalue weighted by Crippen LogP contribution is 2.48. The number of phenols is 4. The van der Waals surface area contributed by atoms with Gasteiger partial charge in [0, 0.05) is 11.1 Å². The molecule has 0 heterocycles. The molecule has 7 nitrogen and oxygen atoms in total. The molecule has 0 radical (unpaired) electrons. The van der Waals surface area contributed by atoms with E-state index in [2.05, 4.69) is 0 Å². The third-order valence-corrected chi connectivity index (χ3v) is 3.29. The maximum Gasteiger partial charge on any atom is 0.277 e. The van der Waals surface area contributed by atoms with Gasteiger partial charge in [-0.3, -0.25) is 10.1 Å². The van der Waals surface area contributed by atoms with E-state index < -0.39 is 33.6 Å². The van der Waals surface area contributed by atoms with Crippen LogP contribution in [0, 0.1) is 10.1 Å². The molecule has 0 bridgehead atoms. The molecule has 21 heavy (non-hydrogen) atoms. The standard InChI is InChI=1S/C12H9BClNO6/c13-8-9(16)7(10(17)12(19)11(8)18)5-3-4(14)1-2-6(5)15(20)21/h1-3,16-19H,13H2. The van der Waals surface area contributed by atoms with Gasteiger partial charge >= 0.3 is 0 Å². The third-order valence-electron chi connectivity index (χ3n) is 3.06. The van der Waals surface area contributed by atoms with Gasteiger partial charge in [-0.1, -0.05) is 11.6 Å². The van der Waals surface area contributed by atoms with E-state index in [9.17, 15) is 30.5 Å². The molecule has 0 saturated heterocycles. The molecular weight excluding hydrogens is 300 g/mol. The molecule has 0 aliphatic carbocycles. The van der Waals surface area contributed by atoms with Gasteiger partial charge in [0.15, 0.2) is 11.5 Å². The lowest BCUT2D eigenvalue weighted by molar-refractivity contribution is -0.384. The Morgan fingerprint density at radius 1 is 1.05 bits per heavy atom. The molecule has 0 atom stereocenters. The smallest absolute Gasteiger partial charge is 0.277 e. The summed E-state index contributed by atoms with van der Waals surface area (Å²) in [6.07, 6.45) is 0. The van der Waals surface area contributed by atoms with Gasteiger partial charge in [0.25, 0.3) is 5.69 Å². The first-order chi connectivity index (χ1) is 9.75. The van der Waals surface area contributed by atoms with Gasteiger partial charge in [-0.25, -0.2) is 0 Å². The molecule has 0 amide bonds. The van der Waals surface area contributed by atoms with E-state index in [0.29, 0.717) is 0 Å². The van der Waals surface area contributed by atoms with Crippen LogP contribution in [-0.2, 0) is 0 Å². The molecule has 108 valence electrons. The number of halogens is 1. The summed E-state index contributed by atoms with van der Waals surface area (Å²) in [6.45, 7) is 0. The van der Waals surface area contributed by atoms with Gasteiger partial charge in [0.1, 0.15) is 13.6 Å². The fourth-order valence-corrected chi connectivity index (χ4v) is 2.11. The quantitative estimate of drug-likeness (QED) is 0.216. The van der Waals surface area contributed by atoms with Crippen LogP contribution < -0.4 is 5.46 Å². The summed E-state index contributed by atoms with van der Waals surface area (Å²) in [6, 6.07) is 3.56. The molecule has 0 saturated carbocycles. The molecule has 0 fully saturated rings. The second-order valence-electron chi connectivity index (χ2n) is 4.31. The molecule has 0 spiro atoms. The van der Waals surface area contributed by atoms with Crippen molar-refractivity contribution in [1.82, 2.24) is 0 Å². The van der Waals surface area contributed by atoms with Crippen molar-refractivity contribution in [3.05, 3.63) is 33.3 Å². The maximum absolute atomic E-state index is 11.1. The Morgan fingerprint density at radius 3 is 2.24 bits per heavy atom. The minimum absolute atomic E-state index is 0.130. The molecule has 2 aromatic rings. The van der Waals surface area contributed by atoms with Gasteiger partial charge in [-0.2, -0.15) is 0 Å². The van der Waals surface area contributed by atoms with E-state index in [1.165, 1.54) is 20.0 Å². The normalized spacial score (nSPS) is 10.5. The summed E-state index contributed by atoms with van der Waals surface area (Å²) in [4.78, 5) is 10.3. The molecular formula is C12H9BClNO6. The number of nitrogens with zero attached hydrogens (tertiary/aromatic N) is 1. The first kappa shape index (κ1) is 14.8. The zero-order valence-corrected chi connectivity index (χ0v) is 11.4. The van der Waals surface area contributed by atoms with Crippen LogP contribution in [0.5, 0.6) is 23.0 Å². The fourth-order valence-electron chi connectivity index (χ4n) is 1.94. The first-order valence-corrected chi connectivity index (χ1v) is 6.04. The molecule has 0 unspecified atom stereocenters. The van der Waals surface area contributed by atoms with Crippen LogP contribution in [0.15, 0.2) is 18.2 Å². The number of nitro benzene ring substituents is 1. The number of aromatic hydroxyl groups is 4. The van der Waals surface area contributed by atoms with Gasteiger partial charge in [-0.05, 0) is 17.6 Å². The van der Waals surface area contributed by atoms with E-state index in [1.807, 2.05) is 0 Å². The third kappa shape index (κ3) is 2.29. The van der Waals surface area contributed by atoms with Gasteiger partial charge in [0.2, 0.25) is 5.75 Å². The van der Waals surface area contributed by atoms with Gasteiger partial charge in [0.05, 0.1) is 16.1 Å². The van der Waals surface area contributed by atoms with E-state index in [-0.39, 0.29) is 21.6 Å². The second kappa shape index (κ2) is 5.06. The zero-order chi connectivity index (χ0) is 15.9. The van der Waals surface area contributed by atoms with Crippen LogP contribution in [0.1, 0.15) is 0 Å². The SMILES string of the molecule is Bc1c(O)c(O)c(O)c(-c2cc(Cl)ccc2[N+](=O)[O-])c1O. The summed E-state index contributed by atoms with van der Waals surface area (Å²) in [7, 11) is 1.28. The van der Waals surface area contributed by atoms with Crippen LogP contribution in [-0.4, -0.2) is 33.2 Å². The number of rotatable bonds is 2. The van der Waals surface area contributed by atoms with Gasteiger partial charge in [-0.15, -0.1) is 0 Å². The van der Waals surface area contributed by atoms with Crippen molar-refractivity contribution in [3.63, 3.8) is 0 Å². The molecule has 9 heteroatoms. The lowest BCUT2D eigenvalue weighted by Gasteiger charge is -2.14. The van der Waals surface area contributed by atoms with E-state index in [4.69, 9.17) is 11.6 Å². The fraction of sp³-hybridized carbons (Fsp3) is 0. The topological polar surface area (TPSA) is 124 Å². The van der Waals surface area contributed by atoms with Crippen molar-refractivity contribution in [2.24, 2.45) is 0 Å². The lowest BCUT2D eigenvalue weighted by atomic mass is 9.88. The summed E-state index contributed by atoms with van der Waals surface area (Å²) in [5.74, 6) is -3.05. The predicted octanol–water partition coefficient (Wildman–Crippen LogP) is 0.996. The van der Waals surface area contributed by atoms with Crippen LogP contribution in [0.4, 0.5) is 5.69 Å². The van der Waals surface area contributed by atoms with Crippen LogP contribution >= 0.6 is 11.6 Å². The highest BCUT2D eigenvalue weighted by molar-refractivity contribution is 6.37. The van der Waals surface area contributed by atoms with Crippen LogP contribution in [0.3, 0.4) is 0 Å². The number of hydrogen-bond acceptors (Lipinski definition) is 6. The summed E-state index contributed by atoms with van der Waals surface area (Å²) >= 11 is 5.79. The van der Waals surface area contributed by atoms with Crippen molar-refractivity contribution in [2.75, 3.05) is 0 Å². The van der Waals surface area contributed by atoms with Crippen LogP contribution in [0.25, 0.3) is 11.1 Å². The number of hydrogen-bond donors (Lipinski definition) is 4. The van der Waals surface area contributed by atoms with Crippen molar-refractivity contribution >= 4 is 30.6 Å². The molecule has 0 aromatic heterocycles. The van der Waals surface area contributed by atoms with E-state index in [1.54, 1.807) is 0 Å². The van der Waals surface area contributed by atoms with Crippen molar-refractivity contribution < 1.29 is 25.3 Å². The monoisotopic (exact) mass is 309 g/mol. The zero-order valence-electron chi connectivity index (χ0n) is 10.7. The molecule has 2 rings (SSSR count). The second-order valence-corrected chi connectivity index (χ2v) is 4.75. The summed E-state index contributed by atoms with van der Waals surface area (Å²) in [5.41, 5.74) is -1.11. The molecule has 2 aromatic carbocycles. The Bertz CT molecular complexity index is 735. The Labute approximate surface area is 124 Å². The van der Waals surface area contributed by atoms with Crippen molar-refractivity contribution in [2.45, 2.75) is 0 Å². The average Bonchev–Trinajstić information content (AvgIpc) is 2.43. The first-order valence-electron chi connectivity index (χ1n) is 5.66. The maximum atomic E-state index is 11.1. The number of benzene rings is 2. The summed E-state index contributed by atoms with van der Waals surface area (Å²) < 4.78 is 0. The minimum atomic E-state index is -0.880. The lowest BCUT2D eigenvalue weighted by Crippen LogP contribution is -2.06.